The molecule has 35 heavy (non-hydrogen) atoms. The Morgan fingerprint density at radius 1 is 0.914 bits per heavy atom. The van der Waals surface area contributed by atoms with Crippen LogP contribution in [0.5, 0.6) is 0 Å². The smallest absolute Gasteiger partial charge is 0.389 e. The first-order valence-electron chi connectivity index (χ1n) is 11.4. The number of rotatable bonds is 3. The van der Waals surface area contributed by atoms with Gasteiger partial charge in [-0.15, -0.1) is 0 Å². The minimum Gasteiger partial charge on any atom is -0.389 e. The van der Waals surface area contributed by atoms with Crippen LogP contribution in [0.3, 0.4) is 0 Å². The lowest BCUT2D eigenvalue weighted by Crippen LogP contribution is -2.59. The summed E-state index contributed by atoms with van der Waals surface area (Å²) in [6.07, 6.45) is -0.873. The van der Waals surface area contributed by atoms with Gasteiger partial charge in [-0.1, -0.05) is 12.1 Å². The van der Waals surface area contributed by atoms with Gasteiger partial charge in [0.1, 0.15) is 5.82 Å². The fraction of sp³-hybridized carbons (Fsp3) is 0.360. The average Bonchev–Trinajstić information content (AvgIpc) is 3.32. The first-order chi connectivity index (χ1) is 16.7. The Hall–Kier alpha value is -3.40. The van der Waals surface area contributed by atoms with Crippen molar-refractivity contribution in [3.63, 3.8) is 0 Å². The number of piperidine rings is 1. The third kappa shape index (κ3) is 4.88. The van der Waals surface area contributed by atoms with E-state index in [4.69, 9.17) is 0 Å². The number of aliphatic hydroxyl groups excluding tert-OH is 1. The van der Waals surface area contributed by atoms with Crippen LogP contribution in [0.15, 0.2) is 61.1 Å². The molecule has 2 atom stereocenters. The van der Waals surface area contributed by atoms with Gasteiger partial charge >= 0.3 is 12.2 Å². The van der Waals surface area contributed by atoms with Crippen LogP contribution in [0.25, 0.3) is 5.69 Å². The summed E-state index contributed by atoms with van der Waals surface area (Å²) in [5.41, 5.74) is 1.49. The number of alkyl halides is 3. The minimum absolute atomic E-state index is 0.145. The average molecular weight is 488 g/mol. The van der Waals surface area contributed by atoms with Gasteiger partial charge in [-0.3, -0.25) is 0 Å². The van der Waals surface area contributed by atoms with E-state index in [0.717, 1.165) is 29.1 Å². The second-order valence-electron chi connectivity index (χ2n) is 9.18. The first-order valence-corrected chi connectivity index (χ1v) is 11.4. The maximum absolute atomic E-state index is 13.3. The van der Waals surface area contributed by atoms with E-state index in [9.17, 15) is 27.5 Å². The molecule has 1 N–H and O–H groups in total. The number of β-amino-alcohol motifs (C(OH)–C–C–N with tert-alkyl or cyclic N) is 1. The standard InChI is InChI=1S/C25H24F4N4O2/c26-20-5-7-21(8-6-20)33-14-23(30-15-33)18-9-17(16-1-3-19(4-2-16)25(27,28)29)10-31(11-18)24(35)32-12-22(34)13-32/h1-8,14-15,17-18,22,34H,9-13H2. The van der Waals surface area contributed by atoms with E-state index in [0.29, 0.717) is 19.5 Å². The molecule has 10 heteroatoms. The molecule has 5 rings (SSSR count). The van der Waals surface area contributed by atoms with Crippen LogP contribution in [0, 0.1) is 5.82 Å². The molecular weight excluding hydrogens is 464 g/mol. The number of benzene rings is 2. The summed E-state index contributed by atoms with van der Waals surface area (Å²) in [5.74, 6) is -0.666. The van der Waals surface area contributed by atoms with Gasteiger partial charge in [0.25, 0.3) is 0 Å². The third-order valence-electron chi connectivity index (χ3n) is 6.71. The third-order valence-corrected chi connectivity index (χ3v) is 6.71. The number of likely N-dealkylation sites (tertiary alicyclic amines) is 2. The quantitative estimate of drug-likeness (QED) is 0.556. The molecule has 1 aromatic heterocycles. The zero-order chi connectivity index (χ0) is 24.7. The van der Waals surface area contributed by atoms with Crippen molar-refractivity contribution in [2.24, 2.45) is 0 Å². The summed E-state index contributed by atoms with van der Waals surface area (Å²) in [7, 11) is 0. The van der Waals surface area contributed by atoms with Crippen molar-refractivity contribution in [3.05, 3.63) is 83.7 Å². The van der Waals surface area contributed by atoms with Gasteiger partial charge in [0, 0.05) is 36.8 Å². The Morgan fingerprint density at radius 3 is 2.17 bits per heavy atom. The number of aliphatic hydroxyl groups is 1. The van der Waals surface area contributed by atoms with E-state index in [2.05, 4.69) is 4.98 Å². The molecule has 2 aromatic carbocycles. The molecule has 2 amide bonds. The molecule has 3 heterocycles. The predicted octanol–water partition coefficient (Wildman–Crippen LogP) is 4.40. The minimum atomic E-state index is -4.42. The fourth-order valence-electron chi connectivity index (χ4n) is 4.77. The molecule has 0 bridgehead atoms. The summed E-state index contributed by atoms with van der Waals surface area (Å²) >= 11 is 0. The zero-order valence-electron chi connectivity index (χ0n) is 18.7. The lowest BCUT2D eigenvalue weighted by molar-refractivity contribution is -0.137. The normalized spacial score (nSPS) is 21.2. The van der Waals surface area contributed by atoms with Crippen molar-refractivity contribution in [2.45, 2.75) is 30.5 Å². The van der Waals surface area contributed by atoms with Gasteiger partial charge in [0.05, 0.1) is 36.8 Å². The van der Waals surface area contributed by atoms with E-state index in [1.165, 1.54) is 24.3 Å². The van der Waals surface area contributed by atoms with Gasteiger partial charge in [-0.2, -0.15) is 13.2 Å². The largest absolute Gasteiger partial charge is 0.416 e. The van der Waals surface area contributed by atoms with Gasteiger partial charge in [-0.05, 0) is 48.4 Å². The Balaban J connectivity index is 1.40. The lowest BCUT2D eigenvalue weighted by Gasteiger charge is -2.43. The van der Waals surface area contributed by atoms with Crippen LogP contribution < -0.4 is 0 Å². The van der Waals surface area contributed by atoms with Gasteiger partial charge in [0.15, 0.2) is 0 Å². The maximum atomic E-state index is 13.3. The zero-order valence-corrected chi connectivity index (χ0v) is 18.7. The van der Waals surface area contributed by atoms with E-state index in [1.807, 2.05) is 6.20 Å². The highest BCUT2D eigenvalue weighted by Crippen LogP contribution is 2.37. The van der Waals surface area contributed by atoms with E-state index >= 15 is 0 Å². The summed E-state index contributed by atoms with van der Waals surface area (Å²) in [6.45, 7) is 1.31. The van der Waals surface area contributed by atoms with Crippen molar-refractivity contribution >= 4 is 6.03 Å². The van der Waals surface area contributed by atoms with E-state index in [1.54, 1.807) is 32.8 Å². The van der Waals surface area contributed by atoms with Crippen molar-refractivity contribution < 1.29 is 27.5 Å². The number of hydrogen-bond donors (Lipinski definition) is 1. The van der Waals surface area contributed by atoms with Crippen LogP contribution in [-0.4, -0.2) is 62.8 Å². The topological polar surface area (TPSA) is 61.6 Å². The second-order valence-corrected chi connectivity index (χ2v) is 9.18. The number of carbonyl (C=O) groups is 1. The number of carbonyl (C=O) groups excluding carboxylic acids is 1. The highest BCUT2D eigenvalue weighted by atomic mass is 19.4. The van der Waals surface area contributed by atoms with Crippen molar-refractivity contribution in [2.75, 3.05) is 26.2 Å². The molecular formula is C25H24F4N4O2. The number of aromatic nitrogens is 2. The molecule has 2 fully saturated rings. The molecule has 184 valence electrons. The molecule has 2 saturated heterocycles. The second kappa shape index (κ2) is 8.99. The molecule has 6 nitrogen and oxygen atoms in total. The number of imidazole rings is 1. The predicted molar refractivity (Wildman–Crippen MR) is 120 cm³/mol. The van der Waals surface area contributed by atoms with Crippen LogP contribution in [0.4, 0.5) is 22.4 Å². The maximum Gasteiger partial charge on any atom is 0.416 e. The highest BCUT2D eigenvalue weighted by molar-refractivity contribution is 5.75. The number of urea groups is 1. The first kappa shape index (κ1) is 23.3. The Bertz CT molecular complexity index is 1190. The van der Waals surface area contributed by atoms with Crippen LogP contribution in [-0.2, 0) is 6.18 Å². The van der Waals surface area contributed by atoms with Crippen molar-refractivity contribution in [1.29, 1.82) is 0 Å². The lowest BCUT2D eigenvalue weighted by atomic mass is 9.83. The van der Waals surface area contributed by atoms with Crippen molar-refractivity contribution in [1.82, 2.24) is 19.4 Å². The van der Waals surface area contributed by atoms with Crippen LogP contribution in [0.1, 0.15) is 35.1 Å². The fourth-order valence-corrected chi connectivity index (χ4v) is 4.77. The molecule has 0 radical (unpaired) electrons. The number of amides is 2. The molecule has 2 unspecified atom stereocenters. The molecule has 0 aliphatic carbocycles. The molecule has 0 spiro atoms. The van der Waals surface area contributed by atoms with Crippen LogP contribution in [0.2, 0.25) is 0 Å². The molecule has 2 aliphatic rings. The number of halogens is 4. The van der Waals surface area contributed by atoms with E-state index in [-0.39, 0.29) is 36.8 Å². The Labute approximate surface area is 199 Å². The SMILES string of the molecule is O=C(N1CC(O)C1)N1CC(c2ccc(C(F)(F)F)cc2)CC(c2cn(-c3ccc(F)cc3)cn2)C1. The molecule has 0 saturated carbocycles. The summed E-state index contributed by atoms with van der Waals surface area (Å²) < 4.78 is 54.2. The summed E-state index contributed by atoms with van der Waals surface area (Å²) in [4.78, 5) is 20.8. The summed E-state index contributed by atoms with van der Waals surface area (Å²) in [5, 5.41) is 9.60. The monoisotopic (exact) mass is 488 g/mol. The van der Waals surface area contributed by atoms with Gasteiger partial charge < -0.3 is 19.5 Å². The van der Waals surface area contributed by atoms with Gasteiger partial charge in [0.2, 0.25) is 0 Å². The Morgan fingerprint density at radius 2 is 1.54 bits per heavy atom. The number of nitrogens with zero attached hydrogens (tertiary/aromatic N) is 4. The van der Waals surface area contributed by atoms with Crippen LogP contribution >= 0.6 is 0 Å². The van der Waals surface area contributed by atoms with E-state index < -0.39 is 17.8 Å². The Kier molecular flexibility index (Phi) is 6.00. The number of hydrogen-bond acceptors (Lipinski definition) is 3. The van der Waals surface area contributed by atoms with Gasteiger partial charge in [-0.25, -0.2) is 14.2 Å². The molecule has 3 aromatic rings. The summed E-state index contributed by atoms with van der Waals surface area (Å²) in [6, 6.07) is 10.9. The molecule has 2 aliphatic heterocycles. The van der Waals surface area contributed by atoms with Crippen molar-refractivity contribution in [3.8, 4) is 5.69 Å². The highest BCUT2D eigenvalue weighted by Gasteiger charge is 2.38.